The lowest BCUT2D eigenvalue weighted by Gasteiger charge is -2.32. The van der Waals surface area contributed by atoms with Gasteiger partial charge in [0.1, 0.15) is 6.61 Å². The highest BCUT2D eigenvalue weighted by atomic mass is 19.1. The van der Waals surface area contributed by atoms with Crippen molar-refractivity contribution in [3.8, 4) is 5.75 Å². The summed E-state index contributed by atoms with van der Waals surface area (Å²) in [5, 5.41) is 12.3. The van der Waals surface area contributed by atoms with Crippen LogP contribution in [0.2, 0.25) is 0 Å². The van der Waals surface area contributed by atoms with Crippen LogP contribution in [-0.2, 0) is 20.7 Å². The molecule has 2 aromatic carbocycles. The first kappa shape index (κ1) is 22.8. The Morgan fingerprint density at radius 2 is 1.74 bits per heavy atom. The number of benzene rings is 2. The summed E-state index contributed by atoms with van der Waals surface area (Å²) in [4.78, 5) is 12.2. The first-order valence-corrected chi connectivity index (χ1v) is 10.1. The number of hydrogen-bond donors (Lipinski definition) is 2. The van der Waals surface area contributed by atoms with E-state index in [9.17, 15) is 14.3 Å². The van der Waals surface area contributed by atoms with Gasteiger partial charge in [0.15, 0.2) is 11.6 Å². The Labute approximate surface area is 182 Å². The highest BCUT2D eigenvalue weighted by molar-refractivity contribution is 6.56. The third kappa shape index (κ3) is 5.45. The van der Waals surface area contributed by atoms with Gasteiger partial charge in [-0.25, -0.2) is 9.18 Å². The van der Waals surface area contributed by atoms with E-state index < -0.39 is 36.0 Å². The van der Waals surface area contributed by atoms with Gasteiger partial charge in [-0.2, -0.15) is 0 Å². The fourth-order valence-electron chi connectivity index (χ4n) is 2.99. The van der Waals surface area contributed by atoms with E-state index in [0.717, 1.165) is 5.56 Å². The molecule has 3 rings (SSSR count). The molecule has 0 aliphatic carbocycles. The quantitative estimate of drug-likeness (QED) is 0.666. The molecule has 0 bridgehead atoms. The van der Waals surface area contributed by atoms with Crippen LogP contribution in [0.5, 0.6) is 5.75 Å². The number of phenols is 1. The molecule has 0 unspecified atom stereocenters. The summed E-state index contributed by atoms with van der Waals surface area (Å²) in [7, 11) is -0.804. The molecule has 2 N–H and O–H groups in total. The number of amides is 1. The number of rotatable bonds is 6. The number of halogens is 1. The zero-order chi connectivity index (χ0) is 22.6. The molecule has 2 aromatic rings. The summed E-state index contributed by atoms with van der Waals surface area (Å²) in [5.74, 6) is -1.22. The van der Waals surface area contributed by atoms with Crippen LogP contribution in [0.1, 0.15) is 38.8 Å². The second-order valence-corrected chi connectivity index (χ2v) is 8.40. The first-order valence-electron chi connectivity index (χ1n) is 10.1. The van der Waals surface area contributed by atoms with Gasteiger partial charge < -0.3 is 24.5 Å². The number of alkyl carbamates (subject to hydrolysis) is 1. The van der Waals surface area contributed by atoms with Crippen LogP contribution in [0.3, 0.4) is 0 Å². The Morgan fingerprint density at radius 1 is 1.10 bits per heavy atom. The zero-order valence-corrected chi connectivity index (χ0v) is 18.1. The van der Waals surface area contributed by atoms with Gasteiger partial charge in [-0.15, -0.1) is 0 Å². The van der Waals surface area contributed by atoms with Crippen molar-refractivity contribution in [1.82, 2.24) is 5.32 Å². The molecule has 0 saturated carbocycles. The molecule has 0 atom stereocenters. The molecule has 0 spiro atoms. The van der Waals surface area contributed by atoms with E-state index in [0.29, 0.717) is 5.47 Å². The Bertz CT molecular complexity index is 946. The number of nitrogens with one attached hydrogen (secondary N) is 1. The summed E-state index contributed by atoms with van der Waals surface area (Å²) < 4.78 is 31.7. The molecule has 31 heavy (non-hydrogen) atoms. The monoisotopic (exact) mass is 427 g/mol. The van der Waals surface area contributed by atoms with Gasteiger partial charge in [0.25, 0.3) is 0 Å². The van der Waals surface area contributed by atoms with Gasteiger partial charge in [-0.05, 0) is 44.8 Å². The van der Waals surface area contributed by atoms with E-state index in [1.165, 1.54) is 24.3 Å². The van der Waals surface area contributed by atoms with Gasteiger partial charge in [0.05, 0.1) is 11.2 Å². The molecule has 8 heteroatoms. The Hall–Kier alpha value is -2.84. The molecule has 1 aliphatic heterocycles. The average Bonchev–Trinajstić information content (AvgIpc) is 2.94. The second kappa shape index (κ2) is 9.12. The number of phenolic OH excluding ortho intramolecular Hbond substituents is 1. The average molecular weight is 427 g/mol. The summed E-state index contributed by atoms with van der Waals surface area (Å²) in [6, 6.07) is 13.6. The van der Waals surface area contributed by atoms with Gasteiger partial charge in [0.2, 0.25) is 0 Å². The van der Waals surface area contributed by atoms with Crippen molar-refractivity contribution in [3.63, 3.8) is 0 Å². The number of carbonyl (C=O) groups excluding carboxylic acids is 1. The summed E-state index contributed by atoms with van der Waals surface area (Å²) in [5.41, 5.74) is 0.286. The van der Waals surface area contributed by atoms with Crippen LogP contribution < -0.4 is 5.32 Å². The van der Waals surface area contributed by atoms with Crippen molar-refractivity contribution >= 4 is 19.3 Å². The molecular formula is C23H27BFNO5. The topological polar surface area (TPSA) is 77.0 Å². The van der Waals surface area contributed by atoms with Crippen LogP contribution in [0.15, 0.2) is 54.0 Å². The molecule has 0 radical (unpaired) electrons. The first-order chi connectivity index (χ1) is 14.6. The molecule has 164 valence electrons. The van der Waals surface area contributed by atoms with Gasteiger partial charge in [-0.1, -0.05) is 48.5 Å². The lowest BCUT2D eigenvalue weighted by atomic mass is 9.77. The predicted molar refractivity (Wildman–Crippen MR) is 117 cm³/mol. The van der Waals surface area contributed by atoms with E-state index in [1.54, 1.807) is 0 Å². The van der Waals surface area contributed by atoms with E-state index in [2.05, 4.69) is 5.32 Å². The third-order valence-electron chi connectivity index (χ3n) is 5.55. The number of carbonyl (C=O) groups is 1. The van der Waals surface area contributed by atoms with Gasteiger partial charge in [-0.3, -0.25) is 0 Å². The largest absolute Gasteiger partial charge is 0.505 e. The molecule has 6 nitrogen and oxygen atoms in total. The van der Waals surface area contributed by atoms with E-state index >= 15 is 0 Å². The fraction of sp³-hybridized carbons (Fsp3) is 0.348. The molecule has 1 fully saturated rings. The van der Waals surface area contributed by atoms with Crippen LogP contribution in [0.25, 0.3) is 6.08 Å². The van der Waals surface area contributed by atoms with Gasteiger partial charge >= 0.3 is 13.2 Å². The molecule has 1 amide bonds. The highest BCUT2D eigenvalue weighted by Crippen LogP contribution is 2.39. The van der Waals surface area contributed by atoms with Crippen molar-refractivity contribution in [1.29, 1.82) is 0 Å². The van der Waals surface area contributed by atoms with Crippen molar-refractivity contribution in [2.75, 3.05) is 6.54 Å². The number of ether oxygens (including phenoxy) is 1. The maximum Gasteiger partial charge on any atom is 0.492 e. The Morgan fingerprint density at radius 3 is 2.39 bits per heavy atom. The summed E-state index contributed by atoms with van der Waals surface area (Å²) >= 11 is 0. The summed E-state index contributed by atoms with van der Waals surface area (Å²) in [6.45, 7) is 7.76. The standard InChI is InChI=1S/C23H27BFNO5/c1-22(2)23(3,4)31-24(30-22)18(13-17-11-8-12-19(27)20(17)25)14-26-21(28)29-15-16-9-6-5-7-10-16/h5-13,27H,14-15H2,1-4H3,(H,26,28). The van der Waals surface area contributed by atoms with Crippen molar-refractivity contribution < 1.29 is 28.3 Å². The Balaban J connectivity index is 1.75. The number of hydrogen-bond acceptors (Lipinski definition) is 5. The van der Waals surface area contributed by atoms with E-state index in [-0.39, 0.29) is 18.7 Å². The number of aromatic hydroxyl groups is 1. The maximum atomic E-state index is 14.4. The van der Waals surface area contributed by atoms with Crippen LogP contribution >= 0.6 is 0 Å². The van der Waals surface area contributed by atoms with Crippen LogP contribution in [0, 0.1) is 5.82 Å². The molecule has 0 aromatic heterocycles. The minimum Gasteiger partial charge on any atom is -0.505 e. The molecule has 1 aliphatic rings. The van der Waals surface area contributed by atoms with Crippen molar-refractivity contribution in [3.05, 3.63) is 70.9 Å². The maximum absolute atomic E-state index is 14.4. The second-order valence-electron chi connectivity index (χ2n) is 8.40. The highest BCUT2D eigenvalue weighted by Gasteiger charge is 2.52. The van der Waals surface area contributed by atoms with Crippen molar-refractivity contribution in [2.45, 2.75) is 45.5 Å². The van der Waals surface area contributed by atoms with Crippen LogP contribution in [-0.4, -0.2) is 36.1 Å². The minimum atomic E-state index is -0.804. The van der Waals surface area contributed by atoms with Gasteiger partial charge in [0, 0.05) is 12.1 Å². The third-order valence-corrected chi connectivity index (χ3v) is 5.55. The molecular weight excluding hydrogens is 400 g/mol. The lowest BCUT2D eigenvalue weighted by Crippen LogP contribution is -2.41. The normalized spacial score (nSPS) is 17.5. The lowest BCUT2D eigenvalue weighted by molar-refractivity contribution is 0.00578. The smallest absolute Gasteiger partial charge is 0.492 e. The van der Waals surface area contributed by atoms with E-state index in [4.69, 9.17) is 14.0 Å². The van der Waals surface area contributed by atoms with E-state index in [1.807, 2.05) is 58.0 Å². The van der Waals surface area contributed by atoms with Crippen molar-refractivity contribution in [2.24, 2.45) is 0 Å². The fourth-order valence-corrected chi connectivity index (χ4v) is 2.99. The molecule has 1 heterocycles. The Kier molecular flexibility index (Phi) is 6.72. The summed E-state index contributed by atoms with van der Waals surface area (Å²) in [6.07, 6.45) is 0.886. The zero-order valence-electron chi connectivity index (χ0n) is 18.1. The minimum absolute atomic E-state index is 0.0134. The molecule has 1 saturated heterocycles. The predicted octanol–water partition coefficient (Wildman–Crippen LogP) is 4.47. The van der Waals surface area contributed by atoms with Crippen LogP contribution in [0.4, 0.5) is 9.18 Å². The SMILES string of the molecule is CC1(C)OB(C(=Cc2cccc(O)c2F)CNC(=O)OCc2ccccc2)OC1(C)C.